The molecule has 4 heterocycles. The zero-order valence-corrected chi connectivity index (χ0v) is 18.1. The molecular weight excluding hydrogens is 404 g/mol. The van der Waals surface area contributed by atoms with Gasteiger partial charge in [0, 0.05) is 49.7 Å². The molecule has 9 nitrogen and oxygen atoms in total. The fourth-order valence-electron chi connectivity index (χ4n) is 4.36. The van der Waals surface area contributed by atoms with Crippen molar-refractivity contribution in [3.8, 4) is 23.1 Å². The molecule has 0 aromatic carbocycles. The van der Waals surface area contributed by atoms with Crippen molar-refractivity contribution in [2.75, 3.05) is 12.4 Å². The van der Waals surface area contributed by atoms with Gasteiger partial charge < -0.3 is 10.1 Å². The molecular formula is C23H24N8O. The van der Waals surface area contributed by atoms with Crippen molar-refractivity contribution >= 4 is 16.7 Å². The molecule has 0 amide bonds. The van der Waals surface area contributed by atoms with Gasteiger partial charge in [0.1, 0.15) is 17.6 Å². The highest BCUT2D eigenvalue weighted by Gasteiger charge is 2.27. The summed E-state index contributed by atoms with van der Waals surface area (Å²) in [5.74, 6) is 1.38. The van der Waals surface area contributed by atoms with E-state index >= 15 is 0 Å². The van der Waals surface area contributed by atoms with Crippen LogP contribution in [0.3, 0.4) is 0 Å². The Bertz CT molecular complexity index is 1290. The van der Waals surface area contributed by atoms with Crippen LogP contribution in [0.25, 0.3) is 22.2 Å². The van der Waals surface area contributed by atoms with E-state index in [0.717, 1.165) is 53.7 Å². The second-order valence-corrected chi connectivity index (χ2v) is 8.04. The third-order valence-electron chi connectivity index (χ3n) is 5.99. The summed E-state index contributed by atoms with van der Waals surface area (Å²) in [5.41, 5.74) is 3.27. The first kappa shape index (κ1) is 20.0. The van der Waals surface area contributed by atoms with Crippen molar-refractivity contribution in [1.82, 2.24) is 29.5 Å². The van der Waals surface area contributed by atoms with E-state index in [2.05, 4.69) is 37.2 Å². The van der Waals surface area contributed by atoms with Gasteiger partial charge in [-0.25, -0.2) is 9.97 Å². The van der Waals surface area contributed by atoms with Gasteiger partial charge >= 0.3 is 0 Å². The number of aryl methyl sites for hydroxylation is 1. The van der Waals surface area contributed by atoms with E-state index in [0.29, 0.717) is 11.4 Å². The number of nitrogens with one attached hydrogen (secondary N) is 1. The SMILES string of the molecule is CNc1cc2c(cn1)c(-c1cnn(C)c1)nn2C1CCC(Oc2cccnc2C#N)CC1. The number of aromatic nitrogens is 6. The van der Waals surface area contributed by atoms with Gasteiger partial charge in [-0.1, -0.05) is 0 Å². The van der Waals surface area contributed by atoms with Gasteiger partial charge in [-0.15, -0.1) is 0 Å². The minimum absolute atomic E-state index is 0.0664. The van der Waals surface area contributed by atoms with Crippen molar-refractivity contribution in [2.45, 2.75) is 37.8 Å². The van der Waals surface area contributed by atoms with Crippen LogP contribution >= 0.6 is 0 Å². The van der Waals surface area contributed by atoms with Crippen LogP contribution in [0.1, 0.15) is 37.4 Å². The minimum atomic E-state index is 0.0664. The third kappa shape index (κ3) is 3.64. The van der Waals surface area contributed by atoms with Gasteiger partial charge in [0.25, 0.3) is 0 Å². The molecule has 0 unspecified atom stereocenters. The maximum atomic E-state index is 9.26. The van der Waals surface area contributed by atoms with Crippen molar-refractivity contribution in [1.29, 1.82) is 5.26 Å². The quantitative estimate of drug-likeness (QED) is 0.516. The van der Waals surface area contributed by atoms with Crippen molar-refractivity contribution < 1.29 is 4.74 Å². The molecule has 1 N–H and O–H groups in total. The fourth-order valence-corrected chi connectivity index (χ4v) is 4.36. The Balaban J connectivity index is 1.41. The first-order chi connectivity index (χ1) is 15.7. The molecule has 4 aromatic heterocycles. The minimum Gasteiger partial charge on any atom is -0.487 e. The number of ether oxygens (including phenoxy) is 1. The average Bonchev–Trinajstić information content (AvgIpc) is 3.43. The standard InChI is InChI=1S/C23H24N8O/c1-25-22-10-20-18(13-27-22)23(15-12-28-30(2)14-15)29-31(20)16-5-7-17(8-6-16)32-21-4-3-9-26-19(21)11-24/h3-4,9-10,12-14,16-17H,5-8H2,1-2H3,(H,25,27). The van der Waals surface area contributed by atoms with Crippen molar-refractivity contribution in [2.24, 2.45) is 7.05 Å². The highest BCUT2D eigenvalue weighted by molar-refractivity contribution is 5.93. The Morgan fingerprint density at radius 1 is 1.19 bits per heavy atom. The summed E-state index contributed by atoms with van der Waals surface area (Å²) in [6.07, 6.45) is 11.0. The number of hydrogen-bond donors (Lipinski definition) is 1. The van der Waals surface area contributed by atoms with E-state index < -0.39 is 0 Å². The van der Waals surface area contributed by atoms with Crippen LogP contribution in [-0.2, 0) is 7.05 Å². The highest BCUT2D eigenvalue weighted by Crippen LogP contribution is 2.36. The zero-order valence-electron chi connectivity index (χ0n) is 18.1. The molecule has 0 radical (unpaired) electrons. The van der Waals surface area contributed by atoms with Gasteiger partial charge in [-0.3, -0.25) is 9.36 Å². The summed E-state index contributed by atoms with van der Waals surface area (Å²) < 4.78 is 10.0. The van der Waals surface area contributed by atoms with Gasteiger partial charge in [-0.2, -0.15) is 15.5 Å². The van der Waals surface area contributed by atoms with Crippen LogP contribution < -0.4 is 10.1 Å². The average molecular weight is 429 g/mol. The first-order valence-corrected chi connectivity index (χ1v) is 10.7. The Morgan fingerprint density at radius 2 is 2.03 bits per heavy atom. The van der Waals surface area contributed by atoms with E-state index in [1.165, 1.54) is 0 Å². The zero-order chi connectivity index (χ0) is 22.1. The Hall–Kier alpha value is -3.93. The summed E-state index contributed by atoms with van der Waals surface area (Å²) >= 11 is 0. The maximum absolute atomic E-state index is 9.26. The number of hydrogen-bond acceptors (Lipinski definition) is 7. The van der Waals surface area contributed by atoms with Crippen molar-refractivity contribution in [3.63, 3.8) is 0 Å². The summed E-state index contributed by atoms with van der Waals surface area (Å²) in [7, 11) is 3.77. The molecule has 0 bridgehead atoms. The van der Waals surface area contributed by atoms with Crippen molar-refractivity contribution in [3.05, 3.63) is 48.7 Å². The van der Waals surface area contributed by atoms with Gasteiger partial charge in [-0.05, 0) is 37.8 Å². The van der Waals surface area contributed by atoms with Crippen LogP contribution in [0.5, 0.6) is 5.75 Å². The molecule has 0 atom stereocenters. The number of nitrogens with zero attached hydrogens (tertiary/aromatic N) is 7. The monoisotopic (exact) mass is 428 g/mol. The topological polar surface area (TPSA) is 106 Å². The molecule has 0 saturated heterocycles. The molecule has 9 heteroatoms. The van der Waals surface area contributed by atoms with Gasteiger partial charge in [0.2, 0.25) is 0 Å². The Morgan fingerprint density at radius 3 is 2.75 bits per heavy atom. The van der Waals surface area contributed by atoms with Crippen LogP contribution in [0.15, 0.2) is 43.0 Å². The van der Waals surface area contributed by atoms with Crippen LogP contribution in [-0.4, -0.2) is 42.7 Å². The number of rotatable bonds is 5. The van der Waals surface area contributed by atoms with Gasteiger partial charge in [0.15, 0.2) is 11.4 Å². The van der Waals surface area contributed by atoms with E-state index in [9.17, 15) is 5.26 Å². The van der Waals surface area contributed by atoms with Crippen LogP contribution in [0.4, 0.5) is 5.82 Å². The predicted molar refractivity (Wildman–Crippen MR) is 120 cm³/mol. The van der Waals surface area contributed by atoms with Crippen LogP contribution in [0.2, 0.25) is 0 Å². The normalized spacial score (nSPS) is 18.4. The lowest BCUT2D eigenvalue weighted by Crippen LogP contribution is -2.26. The molecule has 0 aliphatic heterocycles. The van der Waals surface area contributed by atoms with E-state index in [1.54, 1.807) is 16.9 Å². The smallest absolute Gasteiger partial charge is 0.182 e. The molecule has 32 heavy (non-hydrogen) atoms. The number of nitriles is 1. The lowest BCUT2D eigenvalue weighted by atomic mass is 9.93. The molecule has 1 aliphatic rings. The highest BCUT2D eigenvalue weighted by atomic mass is 16.5. The van der Waals surface area contributed by atoms with Crippen LogP contribution in [0, 0.1) is 11.3 Å². The van der Waals surface area contributed by atoms with E-state index in [1.807, 2.05) is 38.8 Å². The van der Waals surface area contributed by atoms with E-state index in [-0.39, 0.29) is 12.1 Å². The molecule has 162 valence electrons. The fraction of sp³-hybridized carbons (Fsp3) is 0.348. The molecule has 1 aliphatic carbocycles. The Kier molecular flexibility index (Phi) is 5.19. The third-order valence-corrected chi connectivity index (χ3v) is 5.99. The molecule has 5 rings (SSSR count). The molecule has 1 saturated carbocycles. The summed E-state index contributed by atoms with van der Waals surface area (Å²) in [6, 6.07) is 8.03. The molecule has 1 fully saturated rings. The Labute approximate surface area is 185 Å². The summed E-state index contributed by atoms with van der Waals surface area (Å²) in [6.45, 7) is 0. The lowest BCUT2D eigenvalue weighted by molar-refractivity contribution is 0.130. The lowest BCUT2D eigenvalue weighted by Gasteiger charge is -2.29. The largest absolute Gasteiger partial charge is 0.487 e. The summed E-state index contributed by atoms with van der Waals surface area (Å²) in [5, 5.41) is 22.7. The number of pyridine rings is 2. The second kappa shape index (κ2) is 8.30. The number of fused-ring (bicyclic) bond motifs is 1. The van der Waals surface area contributed by atoms with Gasteiger partial charge in [0.05, 0.1) is 23.9 Å². The number of anilines is 1. The second-order valence-electron chi connectivity index (χ2n) is 8.04. The van der Waals surface area contributed by atoms with E-state index in [4.69, 9.17) is 9.84 Å². The maximum Gasteiger partial charge on any atom is 0.182 e. The summed E-state index contributed by atoms with van der Waals surface area (Å²) in [4.78, 5) is 8.60. The first-order valence-electron chi connectivity index (χ1n) is 10.7. The predicted octanol–water partition coefficient (Wildman–Crippen LogP) is 3.70. The molecule has 0 spiro atoms. The molecule has 4 aromatic rings.